The van der Waals surface area contributed by atoms with E-state index in [0.717, 1.165) is 9.35 Å². The van der Waals surface area contributed by atoms with Gasteiger partial charge in [-0.25, -0.2) is 4.98 Å². The first-order valence-electron chi connectivity index (χ1n) is 4.89. The molecule has 0 aliphatic rings. The lowest BCUT2D eigenvalue weighted by atomic mass is 10.2. The Hall–Kier alpha value is -1.40. The van der Waals surface area contributed by atoms with E-state index in [-0.39, 0.29) is 11.7 Å². The average molecular weight is 312 g/mol. The Balaban J connectivity index is 2.04. The van der Waals surface area contributed by atoms with Gasteiger partial charge in [0.25, 0.3) is 5.91 Å². The molecular weight excluding hydrogens is 302 g/mol. The molecule has 0 saturated heterocycles. The van der Waals surface area contributed by atoms with Crippen molar-refractivity contribution in [3.05, 3.63) is 44.7 Å². The van der Waals surface area contributed by atoms with Gasteiger partial charge < -0.3 is 11.1 Å². The van der Waals surface area contributed by atoms with Crippen molar-refractivity contribution in [3.63, 3.8) is 0 Å². The second-order valence-electron chi connectivity index (χ2n) is 3.31. The number of halogens is 1. The number of amides is 1. The second kappa shape index (κ2) is 5.29. The summed E-state index contributed by atoms with van der Waals surface area (Å²) in [7, 11) is 0. The van der Waals surface area contributed by atoms with Crippen molar-refractivity contribution in [2.75, 3.05) is 5.73 Å². The highest BCUT2D eigenvalue weighted by molar-refractivity contribution is 9.10. The van der Waals surface area contributed by atoms with Crippen LogP contribution in [0.25, 0.3) is 0 Å². The fraction of sp³-hybridized carbons (Fsp3) is 0.0909. The number of hydrogen-bond acceptors (Lipinski definition) is 4. The summed E-state index contributed by atoms with van der Waals surface area (Å²) in [6.45, 7) is 0.478. The van der Waals surface area contributed by atoms with E-state index in [4.69, 9.17) is 5.73 Å². The largest absolute Gasteiger partial charge is 0.383 e. The quantitative estimate of drug-likeness (QED) is 0.914. The molecule has 0 fully saturated rings. The first-order chi connectivity index (χ1) is 8.18. The standard InChI is InChI=1S/C11H10BrN3OS/c12-8-3-5-17-9(8)6-15-11(16)7-2-1-4-14-10(7)13/h1-5H,6H2,(H2,13,14)(H,15,16). The first kappa shape index (κ1) is 12.1. The molecule has 17 heavy (non-hydrogen) atoms. The van der Waals surface area contributed by atoms with Gasteiger partial charge in [0.15, 0.2) is 0 Å². The van der Waals surface area contributed by atoms with Gasteiger partial charge in [0.2, 0.25) is 0 Å². The van der Waals surface area contributed by atoms with E-state index in [0.29, 0.717) is 12.1 Å². The van der Waals surface area contributed by atoms with Gasteiger partial charge in [-0.05, 0) is 39.5 Å². The number of thiophene rings is 1. The highest BCUT2D eigenvalue weighted by Crippen LogP contribution is 2.22. The van der Waals surface area contributed by atoms with Crippen LogP contribution in [0.15, 0.2) is 34.2 Å². The number of hydrogen-bond donors (Lipinski definition) is 2. The summed E-state index contributed by atoms with van der Waals surface area (Å²) < 4.78 is 1.00. The van der Waals surface area contributed by atoms with Gasteiger partial charge in [0, 0.05) is 15.5 Å². The molecule has 0 aliphatic heterocycles. The molecule has 88 valence electrons. The second-order valence-corrected chi connectivity index (χ2v) is 5.17. The molecule has 0 spiro atoms. The van der Waals surface area contributed by atoms with Gasteiger partial charge in [-0.15, -0.1) is 11.3 Å². The fourth-order valence-electron chi connectivity index (χ4n) is 1.32. The van der Waals surface area contributed by atoms with Gasteiger partial charge >= 0.3 is 0 Å². The molecule has 0 saturated carbocycles. The third-order valence-electron chi connectivity index (χ3n) is 2.18. The minimum Gasteiger partial charge on any atom is -0.383 e. The van der Waals surface area contributed by atoms with Crippen LogP contribution in [0.5, 0.6) is 0 Å². The van der Waals surface area contributed by atoms with Crippen molar-refractivity contribution in [2.24, 2.45) is 0 Å². The summed E-state index contributed by atoms with van der Waals surface area (Å²) in [5.74, 6) is 0.0335. The van der Waals surface area contributed by atoms with Gasteiger partial charge in [0.05, 0.1) is 12.1 Å². The number of nitrogens with one attached hydrogen (secondary N) is 1. The molecule has 3 N–H and O–H groups in total. The predicted molar refractivity (Wildman–Crippen MR) is 71.8 cm³/mol. The number of rotatable bonds is 3. The lowest BCUT2D eigenvalue weighted by Crippen LogP contribution is -2.23. The molecule has 4 nitrogen and oxygen atoms in total. The molecule has 2 aromatic heterocycles. The Morgan fingerprint density at radius 3 is 3.00 bits per heavy atom. The van der Waals surface area contributed by atoms with Crippen LogP contribution < -0.4 is 11.1 Å². The number of nitrogens with zero attached hydrogens (tertiary/aromatic N) is 1. The van der Waals surface area contributed by atoms with Crippen LogP contribution >= 0.6 is 27.3 Å². The van der Waals surface area contributed by atoms with Crippen molar-refractivity contribution in [3.8, 4) is 0 Å². The van der Waals surface area contributed by atoms with Crippen LogP contribution in [-0.4, -0.2) is 10.9 Å². The first-order valence-corrected chi connectivity index (χ1v) is 6.56. The van der Waals surface area contributed by atoms with Gasteiger partial charge in [-0.2, -0.15) is 0 Å². The summed E-state index contributed by atoms with van der Waals surface area (Å²) in [5.41, 5.74) is 6.02. The lowest BCUT2D eigenvalue weighted by Gasteiger charge is -2.05. The van der Waals surface area contributed by atoms with E-state index in [1.165, 1.54) is 0 Å². The number of carbonyl (C=O) groups is 1. The van der Waals surface area contributed by atoms with Gasteiger partial charge in [-0.3, -0.25) is 4.79 Å². The number of pyridine rings is 1. The maximum atomic E-state index is 11.8. The smallest absolute Gasteiger partial charge is 0.255 e. The van der Waals surface area contributed by atoms with E-state index in [9.17, 15) is 4.79 Å². The zero-order chi connectivity index (χ0) is 12.3. The van der Waals surface area contributed by atoms with Crippen LogP contribution in [0, 0.1) is 0 Å². The molecule has 0 aliphatic carbocycles. The summed E-state index contributed by atoms with van der Waals surface area (Å²) in [5, 5.41) is 4.77. The number of carbonyl (C=O) groups excluding carboxylic acids is 1. The topological polar surface area (TPSA) is 68.0 Å². The molecule has 0 atom stereocenters. The van der Waals surface area contributed by atoms with Crippen LogP contribution in [0.2, 0.25) is 0 Å². The van der Waals surface area contributed by atoms with Crippen LogP contribution in [0.1, 0.15) is 15.2 Å². The third-order valence-corrected chi connectivity index (χ3v) is 4.11. The molecule has 2 rings (SSSR count). The van der Waals surface area contributed by atoms with Crippen LogP contribution in [0.4, 0.5) is 5.82 Å². The Morgan fingerprint density at radius 1 is 1.53 bits per heavy atom. The summed E-state index contributed by atoms with van der Waals surface area (Å²) in [6.07, 6.45) is 1.56. The number of nitrogens with two attached hydrogens (primary N) is 1. The molecule has 0 bridgehead atoms. The molecule has 6 heteroatoms. The number of anilines is 1. The van der Waals surface area contributed by atoms with Crippen molar-refractivity contribution in [2.45, 2.75) is 6.54 Å². The van der Waals surface area contributed by atoms with E-state index in [2.05, 4.69) is 26.2 Å². The predicted octanol–water partition coefficient (Wildman–Crippen LogP) is 2.42. The summed E-state index contributed by atoms with van der Waals surface area (Å²) in [6, 6.07) is 5.29. The van der Waals surface area contributed by atoms with E-state index >= 15 is 0 Å². The maximum absolute atomic E-state index is 11.8. The van der Waals surface area contributed by atoms with Gasteiger partial charge in [-0.1, -0.05) is 0 Å². The Morgan fingerprint density at radius 2 is 2.35 bits per heavy atom. The van der Waals surface area contributed by atoms with E-state index in [1.54, 1.807) is 29.7 Å². The van der Waals surface area contributed by atoms with Crippen molar-refractivity contribution in [1.29, 1.82) is 0 Å². The molecule has 2 aromatic rings. The van der Waals surface area contributed by atoms with Crippen LogP contribution in [-0.2, 0) is 6.54 Å². The van der Waals surface area contributed by atoms with Crippen molar-refractivity contribution in [1.82, 2.24) is 10.3 Å². The van der Waals surface area contributed by atoms with E-state index < -0.39 is 0 Å². The number of aromatic nitrogens is 1. The fourth-order valence-corrected chi connectivity index (χ4v) is 2.75. The van der Waals surface area contributed by atoms with E-state index in [1.807, 2.05) is 11.4 Å². The third kappa shape index (κ3) is 2.83. The Labute approximate surface area is 111 Å². The Kier molecular flexibility index (Phi) is 3.75. The maximum Gasteiger partial charge on any atom is 0.255 e. The molecule has 0 unspecified atom stereocenters. The van der Waals surface area contributed by atoms with Crippen molar-refractivity contribution >= 4 is 39.0 Å². The minimum absolute atomic E-state index is 0.212. The molecule has 1 amide bonds. The lowest BCUT2D eigenvalue weighted by molar-refractivity contribution is 0.0952. The average Bonchev–Trinajstić information content (AvgIpc) is 2.72. The van der Waals surface area contributed by atoms with Gasteiger partial charge in [0.1, 0.15) is 5.82 Å². The monoisotopic (exact) mass is 311 g/mol. The summed E-state index contributed by atoms with van der Waals surface area (Å²) >= 11 is 4.99. The zero-order valence-corrected chi connectivity index (χ0v) is 11.2. The normalized spacial score (nSPS) is 10.2. The molecule has 0 aromatic carbocycles. The van der Waals surface area contributed by atoms with Crippen LogP contribution in [0.3, 0.4) is 0 Å². The number of nitrogen functional groups attached to an aromatic ring is 1. The zero-order valence-electron chi connectivity index (χ0n) is 8.81. The van der Waals surface area contributed by atoms with Crippen molar-refractivity contribution < 1.29 is 4.79 Å². The molecule has 0 radical (unpaired) electrons. The summed E-state index contributed by atoms with van der Waals surface area (Å²) in [4.78, 5) is 16.8. The highest BCUT2D eigenvalue weighted by atomic mass is 79.9. The molecule has 2 heterocycles. The highest BCUT2D eigenvalue weighted by Gasteiger charge is 2.10. The minimum atomic E-state index is -0.212. The SMILES string of the molecule is Nc1ncccc1C(=O)NCc1sccc1Br. The molecular formula is C11H10BrN3OS. The Bertz CT molecular complexity index is 541.